The van der Waals surface area contributed by atoms with Crippen LogP contribution >= 0.6 is 0 Å². The molecule has 0 saturated heterocycles. The fourth-order valence-corrected chi connectivity index (χ4v) is 3.48. The molecule has 2 atom stereocenters. The predicted octanol–water partition coefficient (Wildman–Crippen LogP) is 1.49. The molecule has 2 rings (SSSR count). The van der Waals surface area contributed by atoms with Crippen molar-refractivity contribution in [2.24, 2.45) is 11.7 Å². The lowest BCUT2D eigenvalue weighted by Gasteiger charge is -2.32. The van der Waals surface area contributed by atoms with Gasteiger partial charge < -0.3 is 16.0 Å². The van der Waals surface area contributed by atoms with Gasteiger partial charge in [0.2, 0.25) is 5.91 Å². The van der Waals surface area contributed by atoms with Crippen LogP contribution in [-0.4, -0.2) is 41.5 Å². The first kappa shape index (κ1) is 14.8. The lowest BCUT2D eigenvalue weighted by molar-refractivity contribution is -0.124. The largest absolute Gasteiger partial charge is 0.368 e. The Morgan fingerprint density at radius 1 is 1.42 bits per heavy atom. The standard InChI is InChI=1S/C15H29N3O/c1-4-18(10-12-5-6-12)13-7-8-15(9-13,14(16)19)17-11(2)3/h11-13,17H,4-10H2,1-3H3,(H2,16,19). The second kappa shape index (κ2) is 5.80. The summed E-state index contributed by atoms with van der Waals surface area (Å²) in [6, 6.07) is 0.814. The molecule has 2 aliphatic rings. The highest BCUT2D eigenvalue weighted by Crippen LogP contribution is 2.36. The number of carbonyl (C=O) groups excluding carboxylic acids is 1. The SMILES string of the molecule is CCN(CC1CC1)C1CCC(NC(C)C)(C(N)=O)C1. The number of amides is 1. The van der Waals surface area contributed by atoms with Crippen molar-refractivity contribution in [2.45, 2.75) is 70.5 Å². The maximum atomic E-state index is 11.9. The molecular weight excluding hydrogens is 238 g/mol. The molecule has 19 heavy (non-hydrogen) atoms. The molecule has 0 aliphatic heterocycles. The van der Waals surface area contributed by atoms with Gasteiger partial charge >= 0.3 is 0 Å². The van der Waals surface area contributed by atoms with Crippen molar-refractivity contribution in [3.8, 4) is 0 Å². The van der Waals surface area contributed by atoms with Crippen LogP contribution in [0.3, 0.4) is 0 Å². The summed E-state index contributed by atoms with van der Waals surface area (Å²) in [5.74, 6) is 0.729. The first-order valence-electron chi connectivity index (χ1n) is 7.78. The van der Waals surface area contributed by atoms with E-state index in [1.54, 1.807) is 0 Å². The van der Waals surface area contributed by atoms with Crippen LogP contribution in [-0.2, 0) is 4.79 Å². The van der Waals surface area contributed by atoms with E-state index < -0.39 is 5.54 Å². The number of carbonyl (C=O) groups is 1. The summed E-state index contributed by atoms with van der Waals surface area (Å²) in [5, 5.41) is 3.43. The zero-order valence-electron chi connectivity index (χ0n) is 12.6. The minimum Gasteiger partial charge on any atom is -0.368 e. The summed E-state index contributed by atoms with van der Waals surface area (Å²) >= 11 is 0. The number of nitrogens with two attached hydrogens (primary N) is 1. The van der Waals surface area contributed by atoms with Crippen LogP contribution in [0.1, 0.15) is 52.9 Å². The minimum absolute atomic E-state index is 0.175. The summed E-state index contributed by atoms with van der Waals surface area (Å²) < 4.78 is 0. The third kappa shape index (κ3) is 3.48. The first-order chi connectivity index (χ1) is 8.97. The smallest absolute Gasteiger partial charge is 0.237 e. The van der Waals surface area contributed by atoms with Crippen LogP contribution in [0.2, 0.25) is 0 Å². The van der Waals surface area contributed by atoms with E-state index in [0.717, 1.165) is 31.7 Å². The Bertz CT molecular complexity index is 327. The van der Waals surface area contributed by atoms with Gasteiger partial charge in [0.25, 0.3) is 0 Å². The van der Waals surface area contributed by atoms with E-state index in [4.69, 9.17) is 5.73 Å². The third-order valence-electron chi connectivity index (χ3n) is 4.64. The molecule has 0 aromatic carbocycles. The van der Waals surface area contributed by atoms with E-state index in [-0.39, 0.29) is 5.91 Å². The number of hydrogen-bond donors (Lipinski definition) is 2. The van der Waals surface area contributed by atoms with E-state index in [9.17, 15) is 4.79 Å². The molecule has 0 spiro atoms. The third-order valence-corrected chi connectivity index (χ3v) is 4.64. The molecular formula is C15H29N3O. The molecule has 2 fully saturated rings. The molecule has 0 bridgehead atoms. The van der Waals surface area contributed by atoms with Gasteiger partial charge in [0.05, 0.1) is 5.54 Å². The zero-order chi connectivity index (χ0) is 14.0. The summed E-state index contributed by atoms with van der Waals surface area (Å²) in [6.07, 6.45) is 5.61. The van der Waals surface area contributed by atoms with Gasteiger partial charge in [0.15, 0.2) is 0 Å². The maximum Gasteiger partial charge on any atom is 0.237 e. The van der Waals surface area contributed by atoms with Crippen LogP contribution < -0.4 is 11.1 Å². The highest BCUT2D eigenvalue weighted by Gasteiger charge is 2.46. The molecule has 1 amide bonds. The maximum absolute atomic E-state index is 11.9. The van der Waals surface area contributed by atoms with E-state index >= 15 is 0 Å². The molecule has 0 aromatic heterocycles. The Hall–Kier alpha value is -0.610. The second-order valence-electron chi connectivity index (χ2n) is 6.67. The molecule has 0 radical (unpaired) electrons. The molecule has 0 heterocycles. The summed E-state index contributed by atoms with van der Waals surface area (Å²) in [6.45, 7) is 8.68. The number of hydrogen-bond acceptors (Lipinski definition) is 3. The van der Waals surface area contributed by atoms with Crippen LogP contribution in [0.25, 0.3) is 0 Å². The van der Waals surface area contributed by atoms with E-state index in [0.29, 0.717) is 12.1 Å². The fourth-order valence-electron chi connectivity index (χ4n) is 3.48. The van der Waals surface area contributed by atoms with Gasteiger partial charge in [-0.1, -0.05) is 6.92 Å². The van der Waals surface area contributed by atoms with Gasteiger partial charge in [-0.2, -0.15) is 0 Å². The zero-order valence-corrected chi connectivity index (χ0v) is 12.6. The average Bonchev–Trinajstić information content (AvgIpc) is 3.05. The Labute approximate surface area is 117 Å². The first-order valence-corrected chi connectivity index (χ1v) is 7.78. The Balaban J connectivity index is 1.99. The lowest BCUT2D eigenvalue weighted by Crippen LogP contribution is -2.56. The molecule has 2 saturated carbocycles. The summed E-state index contributed by atoms with van der Waals surface area (Å²) in [7, 11) is 0. The molecule has 110 valence electrons. The van der Waals surface area contributed by atoms with Gasteiger partial charge in [-0.05, 0) is 58.4 Å². The van der Waals surface area contributed by atoms with Gasteiger partial charge in [-0.15, -0.1) is 0 Å². The van der Waals surface area contributed by atoms with Crippen LogP contribution in [0.5, 0.6) is 0 Å². The van der Waals surface area contributed by atoms with Crippen molar-refractivity contribution in [3.05, 3.63) is 0 Å². The Kier molecular flexibility index (Phi) is 4.51. The van der Waals surface area contributed by atoms with E-state index in [1.807, 2.05) is 0 Å². The van der Waals surface area contributed by atoms with Crippen LogP contribution in [0.4, 0.5) is 0 Å². The van der Waals surface area contributed by atoms with Crippen LogP contribution in [0.15, 0.2) is 0 Å². The Morgan fingerprint density at radius 3 is 2.58 bits per heavy atom. The van der Waals surface area contributed by atoms with Crippen molar-refractivity contribution in [3.63, 3.8) is 0 Å². The second-order valence-corrected chi connectivity index (χ2v) is 6.67. The van der Waals surface area contributed by atoms with Gasteiger partial charge in [0, 0.05) is 18.6 Å². The highest BCUT2D eigenvalue weighted by molar-refractivity contribution is 5.85. The van der Waals surface area contributed by atoms with Crippen LogP contribution in [0, 0.1) is 5.92 Å². The van der Waals surface area contributed by atoms with Crippen molar-refractivity contribution < 1.29 is 4.79 Å². The normalized spacial score (nSPS) is 31.3. The average molecular weight is 267 g/mol. The van der Waals surface area contributed by atoms with Gasteiger partial charge in [0.1, 0.15) is 0 Å². The molecule has 2 aliphatic carbocycles. The predicted molar refractivity (Wildman–Crippen MR) is 77.8 cm³/mol. The molecule has 4 heteroatoms. The quantitative estimate of drug-likeness (QED) is 0.735. The minimum atomic E-state index is -0.476. The molecule has 3 N–H and O–H groups in total. The van der Waals surface area contributed by atoms with Gasteiger partial charge in [-0.3, -0.25) is 4.79 Å². The van der Waals surface area contributed by atoms with E-state index in [2.05, 4.69) is 31.0 Å². The highest BCUT2D eigenvalue weighted by atomic mass is 16.1. The lowest BCUT2D eigenvalue weighted by atomic mass is 9.95. The van der Waals surface area contributed by atoms with Crippen molar-refractivity contribution in [1.29, 1.82) is 0 Å². The molecule has 4 nitrogen and oxygen atoms in total. The van der Waals surface area contributed by atoms with Gasteiger partial charge in [-0.25, -0.2) is 0 Å². The molecule has 0 aromatic rings. The number of nitrogens with zero attached hydrogens (tertiary/aromatic N) is 1. The molecule has 2 unspecified atom stereocenters. The number of nitrogens with one attached hydrogen (secondary N) is 1. The van der Waals surface area contributed by atoms with Crippen molar-refractivity contribution in [1.82, 2.24) is 10.2 Å². The van der Waals surface area contributed by atoms with Crippen molar-refractivity contribution in [2.75, 3.05) is 13.1 Å². The van der Waals surface area contributed by atoms with E-state index in [1.165, 1.54) is 19.4 Å². The number of primary amides is 1. The van der Waals surface area contributed by atoms with Crippen molar-refractivity contribution >= 4 is 5.91 Å². The Morgan fingerprint density at radius 2 is 2.11 bits per heavy atom. The fraction of sp³-hybridized carbons (Fsp3) is 0.933. The topological polar surface area (TPSA) is 58.4 Å². The summed E-state index contributed by atoms with van der Waals surface area (Å²) in [4.78, 5) is 14.5. The number of rotatable bonds is 7. The monoisotopic (exact) mass is 267 g/mol. The summed E-state index contributed by atoms with van der Waals surface area (Å²) in [5.41, 5.74) is 5.20.